The maximum absolute atomic E-state index is 12.7. The molecule has 0 aliphatic heterocycles. The van der Waals surface area contributed by atoms with E-state index in [1.54, 1.807) is 7.11 Å². The molecule has 8 nitrogen and oxygen atoms in total. The van der Waals surface area contributed by atoms with Crippen molar-refractivity contribution in [3.05, 3.63) is 40.3 Å². The molecule has 1 atom stereocenters. The standard InChI is InChI=1S/C22H25N5O3S2/c1-12-7-8-15-16(9-12)32-21(18(15)19(23)29)24-17(28)11-31-22-26-25-20(27(22)2)13-5-4-6-14(10-13)30-3/h4-6,10,12H,7-9,11H2,1-3H3,(H2,23,29)(H,24,28). The quantitative estimate of drug-likeness (QED) is 0.510. The summed E-state index contributed by atoms with van der Waals surface area (Å²) in [5, 5.41) is 12.5. The number of carbonyl (C=O) groups excluding carboxylic acids is 2. The van der Waals surface area contributed by atoms with Gasteiger partial charge in [-0.05, 0) is 42.9 Å². The number of nitrogens with two attached hydrogens (primary N) is 1. The number of hydrogen-bond donors (Lipinski definition) is 2. The molecule has 10 heteroatoms. The van der Waals surface area contributed by atoms with Crippen LogP contribution >= 0.6 is 23.1 Å². The van der Waals surface area contributed by atoms with E-state index >= 15 is 0 Å². The number of methoxy groups -OCH3 is 1. The van der Waals surface area contributed by atoms with Gasteiger partial charge in [0.2, 0.25) is 5.91 Å². The van der Waals surface area contributed by atoms with Gasteiger partial charge in [-0.2, -0.15) is 0 Å². The van der Waals surface area contributed by atoms with Crippen molar-refractivity contribution < 1.29 is 14.3 Å². The molecule has 0 saturated carbocycles. The zero-order chi connectivity index (χ0) is 22.8. The van der Waals surface area contributed by atoms with E-state index in [1.807, 2.05) is 35.9 Å². The van der Waals surface area contributed by atoms with Gasteiger partial charge in [-0.15, -0.1) is 21.5 Å². The van der Waals surface area contributed by atoms with Crippen molar-refractivity contribution >= 4 is 39.9 Å². The summed E-state index contributed by atoms with van der Waals surface area (Å²) in [5.74, 6) is 1.42. The number of thiophene rings is 1. The van der Waals surface area contributed by atoms with E-state index in [2.05, 4.69) is 22.4 Å². The Hall–Kier alpha value is -2.85. The van der Waals surface area contributed by atoms with Crippen LogP contribution in [0.2, 0.25) is 0 Å². The average molecular weight is 472 g/mol. The second-order valence-electron chi connectivity index (χ2n) is 7.85. The van der Waals surface area contributed by atoms with E-state index in [0.717, 1.165) is 41.0 Å². The van der Waals surface area contributed by atoms with Crippen molar-refractivity contribution in [1.82, 2.24) is 14.8 Å². The molecule has 0 fully saturated rings. The largest absolute Gasteiger partial charge is 0.497 e. The Morgan fingerprint density at radius 1 is 1.38 bits per heavy atom. The number of aromatic nitrogens is 3. The fourth-order valence-electron chi connectivity index (χ4n) is 3.85. The molecule has 1 aliphatic rings. The van der Waals surface area contributed by atoms with Gasteiger partial charge in [0.1, 0.15) is 10.8 Å². The van der Waals surface area contributed by atoms with Gasteiger partial charge in [0.05, 0.1) is 18.4 Å². The number of hydrogen-bond acceptors (Lipinski definition) is 7. The first-order chi connectivity index (χ1) is 15.4. The fourth-order valence-corrected chi connectivity index (χ4v) is 5.99. The molecule has 1 unspecified atom stereocenters. The van der Waals surface area contributed by atoms with Crippen molar-refractivity contribution in [2.24, 2.45) is 18.7 Å². The van der Waals surface area contributed by atoms with Gasteiger partial charge in [-0.3, -0.25) is 9.59 Å². The maximum Gasteiger partial charge on any atom is 0.251 e. The minimum Gasteiger partial charge on any atom is -0.497 e. The summed E-state index contributed by atoms with van der Waals surface area (Å²) in [5.41, 5.74) is 7.98. The monoisotopic (exact) mass is 471 g/mol. The Bertz CT molecular complexity index is 1170. The minimum absolute atomic E-state index is 0.140. The number of thioether (sulfide) groups is 1. The SMILES string of the molecule is COc1cccc(-c2nnc(SCC(=O)Nc3sc4c(c3C(N)=O)CCC(C)C4)n2C)c1. The highest BCUT2D eigenvalue weighted by Crippen LogP contribution is 2.39. The fraction of sp³-hybridized carbons (Fsp3) is 0.364. The van der Waals surface area contributed by atoms with Crippen LogP contribution in [0.1, 0.15) is 34.1 Å². The van der Waals surface area contributed by atoms with Crippen LogP contribution in [0.5, 0.6) is 5.75 Å². The van der Waals surface area contributed by atoms with E-state index in [-0.39, 0.29) is 11.7 Å². The second kappa shape index (κ2) is 9.33. The van der Waals surface area contributed by atoms with Crippen LogP contribution in [-0.4, -0.2) is 39.4 Å². The molecule has 3 N–H and O–H groups in total. The molecular weight excluding hydrogens is 446 g/mol. The number of primary amides is 1. The van der Waals surface area contributed by atoms with Gasteiger partial charge in [0.25, 0.3) is 5.91 Å². The van der Waals surface area contributed by atoms with Crippen LogP contribution in [0.4, 0.5) is 5.00 Å². The highest BCUT2D eigenvalue weighted by molar-refractivity contribution is 7.99. The topological polar surface area (TPSA) is 112 Å². The van der Waals surface area contributed by atoms with E-state index in [4.69, 9.17) is 10.5 Å². The van der Waals surface area contributed by atoms with Crippen molar-refractivity contribution in [3.8, 4) is 17.1 Å². The predicted octanol–water partition coefficient (Wildman–Crippen LogP) is 3.51. The van der Waals surface area contributed by atoms with Crippen molar-refractivity contribution in [2.45, 2.75) is 31.3 Å². The summed E-state index contributed by atoms with van der Waals surface area (Å²) in [6.45, 7) is 2.20. The third-order valence-corrected chi connectivity index (χ3v) is 7.70. The number of carbonyl (C=O) groups is 2. The first-order valence-electron chi connectivity index (χ1n) is 10.3. The van der Waals surface area contributed by atoms with Gasteiger partial charge >= 0.3 is 0 Å². The number of fused-ring (bicyclic) bond motifs is 1. The van der Waals surface area contributed by atoms with Crippen molar-refractivity contribution in [2.75, 3.05) is 18.2 Å². The molecule has 2 amide bonds. The lowest BCUT2D eigenvalue weighted by Gasteiger charge is -2.18. The zero-order valence-electron chi connectivity index (χ0n) is 18.2. The number of amides is 2. The van der Waals surface area contributed by atoms with Crippen LogP contribution in [0, 0.1) is 5.92 Å². The van der Waals surface area contributed by atoms with Crippen LogP contribution < -0.4 is 15.8 Å². The molecule has 2 heterocycles. The molecular formula is C22H25N5O3S2. The minimum atomic E-state index is -0.490. The summed E-state index contributed by atoms with van der Waals surface area (Å²) in [7, 11) is 3.47. The number of nitrogens with zero attached hydrogens (tertiary/aromatic N) is 3. The molecule has 0 radical (unpaired) electrons. The normalized spacial score (nSPS) is 15.3. The summed E-state index contributed by atoms with van der Waals surface area (Å²) in [6.07, 6.45) is 2.76. The molecule has 1 aliphatic carbocycles. The first-order valence-corrected chi connectivity index (χ1v) is 12.1. The summed E-state index contributed by atoms with van der Waals surface area (Å²) in [4.78, 5) is 25.9. The summed E-state index contributed by atoms with van der Waals surface area (Å²) >= 11 is 2.75. The Labute approximate surface area is 194 Å². The van der Waals surface area contributed by atoms with Gasteiger partial charge in [-0.1, -0.05) is 30.8 Å². The number of rotatable bonds is 7. The zero-order valence-corrected chi connectivity index (χ0v) is 19.8. The Morgan fingerprint density at radius 2 is 2.19 bits per heavy atom. The van der Waals surface area contributed by atoms with Crippen LogP contribution in [0.15, 0.2) is 29.4 Å². The molecule has 3 aromatic rings. The Balaban J connectivity index is 1.45. The molecule has 2 aromatic heterocycles. The third kappa shape index (κ3) is 4.51. The van der Waals surface area contributed by atoms with E-state index in [0.29, 0.717) is 27.5 Å². The van der Waals surface area contributed by atoms with E-state index in [9.17, 15) is 9.59 Å². The molecule has 0 saturated heterocycles. The molecule has 0 spiro atoms. The predicted molar refractivity (Wildman–Crippen MR) is 126 cm³/mol. The van der Waals surface area contributed by atoms with E-state index < -0.39 is 5.91 Å². The lowest BCUT2D eigenvalue weighted by atomic mass is 9.88. The first kappa shape index (κ1) is 22.3. The smallest absolute Gasteiger partial charge is 0.251 e. The van der Waals surface area contributed by atoms with Crippen molar-refractivity contribution in [3.63, 3.8) is 0 Å². The molecule has 168 valence electrons. The highest BCUT2D eigenvalue weighted by Gasteiger charge is 2.27. The third-order valence-electron chi connectivity index (χ3n) is 5.51. The molecule has 4 rings (SSSR count). The van der Waals surface area contributed by atoms with Gasteiger partial charge < -0.3 is 20.4 Å². The Morgan fingerprint density at radius 3 is 2.94 bits per heavy atom. The lowest BCUT2D eigenvalue weighted by molar-refractivity contribution is -0.113. The van der Waals surface area contributed by atoms with Gasteiger partial charge in [0.15, 0.2) is 11.0 Å². The number of benzene rings is 1. The second-order valence-corrected chi connectivity index (χ2v) is 9.90. The number of ether oxygens (including phenoxy) is 1. The van der Waals surface area contributed by atoms with Crippen LogP contribution in [0.3, 0.4) is 0 Å². The number of nitrogens with one attached hydrogen (secondary N) is 1. The average Bonchev–Trinajstić information content (AvgIpc) is 3.31. The Kier molecular flexibility index (Phi) is 6.52. The molecule has 32 heavy (non-hydrogen) atoms. The molecule has 1 aromatic carbocycles. The lowest BCUT2D eigenvalue weighted by Crippen LogP contribution is -2.20. The highest BCUT2D eigenvalue weighted by atomic mass is 32.2. The van der Waals surface area contributed by atoms with Gasteiger partial charge in [-0.25, -0.2) is 0 Å². The van der Waals surface area contributed by atoms with Crippen LogP contribution in [-0.2, 0) is 24.7 Å². The van der Waals surface area contributed by atoms with Crippen LogP contribution in [0.25, 0.3) is 11.4 Å². The maximum atomic E-state index is 12.7. The van der Waals surface area contributed by atoms with E-state index in [1.165, 1.54) is 23.1 Å². The van der Waals surface area contributed by atoms with Crippen molar-refractivity contribution in [1.29, 1.82) is 0 Å². The summed E-state index contributed by atoms with van der Waals surface area (Å²) in [6, 6.07) is 7.57. The summed E-state index contributed by atoms with van der Waals surface area (Å²) < 4.78 is 7.11. The number of anilines is 1. The van der Waals surface area contributed by atoms with Gasteiger partial charge in [0, 0.05) is 17.5 Å². The molecule has 0 bridgehead atoms.